The number of methoxy groups -OCH3 is 3. The molecule has 0 aromatic rings. The van der Waals surface area contributed by atoms with Crippen LogP contribution in [0.3, 0.4) is 0 Å². The van der Waals surface area contributed by atoms with E-state index in [0.29, 0.717) is 12.0 Å². The van der Waals surface area contributed by atoms with Crippen LogP contribution in [-0.4, -0.2) is 68.3 Å². The first kappa shape index (κ1) is 30.6. The molecule has 2 rings (SSSR count). The smallest absolute Gasteiger partial charge is 0.251 e. The molecule has 204 valence electrons. The zero-order chi connectivity index (χ0) is 27.9. The van der Waals surface area contributed by atoms with Gasteiger partial charge in [-0.15, -0.1) is 0 Å². The average Bonchev–Trinajstić information content (AvgIpc) is 2.85. The number of carbonyl (C=O) groups is 3. The summed E-state index contributed by atoms with van der Waals surface area (Å²) in [6.45, 7) is 9.30. The summed E-state index contributed by atoms with van der Waals surface area (Å²) >= 11 is 0. The van der Waals surface area contributed by atoms with Gasteiger partial charge in [0.15, 0.2) is 5.78 Å². The van der Waals surface area contributed by atoms with E-state index < -0.39 is 29.7 Å². The summed E-state index contributed by atoms with van der Waals surface area (Å²) in [7, 11) is 4.70. The Kier molecular flexibility index (Phi) is 11.4. The molecule has 1 amide bonds. The van der Waals surface area contributed by atoms with Gasteiger partial charge in [0.1, 0.15) is 0 Å². The zero-order valence-electron chi connectivity index (χ0n) is 23.1. The lowest BCUT2D eigenvalue weighted by molar-refractivity contribution is -0.120. The van der Waals surface area contributed by atoms with Crippen LogP contribution in [0.4, 0.5) is 0 Å². The number of Topliss-reactive ketones (excluding diaryl/α,β-unsaturated/α-hetero) is 1. The Balaban J connectivity index is 2.56. The van der Waals surface area contributed by atoms with Crippen molar-refractivity contribution < 1.29 is 33.7 Å². The minimum Gasteiger partial charge on any atom is -0.388 e. The van der Waals surface area contributed by atoms with Crippen molar-refractivity contribution in [3.05, 3.63) is 58.9 Å². The number of hydrogen-bond donors (Lipinski definition) is 2. The molecule has 2 bridgehead atoms. The van der Waals surface area contributed by atoms with Crippen LogP contribution in [0.2, 0.25) is 0 Å². The highest BCUT2D eigenvalue weighted by atomic mass is 16.5. The van der Waals surface area contributed by atoms with E-state index in [9.17, 15) is 19.5 Å². The van der Waals surface area contributed by atoms with Crippen LogP contribution < -0.4 is 5.32 Å². The van der Waals surface area contributed by atoms with Gasteiger partial charge in [0.25, 0.3) is 5.91 Å². The van der Waals surface area contributed by atoms with Crippen LogP contribution in [0, 0.1) is 17.8 Å². The second-order valence-corrected chi connectivity index (χ2v) is 10.00. The van der Waals surface area contributed by atoms with Crippen molar-refractivity contribution in [2.24, 2.45) is 17.8 Å². The molecule has 0 fully saturated rings. The third-order valence-corrected chi connectivity index (χ3v) is 7.09. The van der Waals surface area contributed by atoms with E-state index in [1.54, 1.807) is 33.3 Å². The molecule has 0 aromatic carbocycles. The Hall–Kier alpha value is -2.65. The van der Waals surface area contributed by atoms with Gasteiger partial charge in [0.05, 0.1) is 30.1 Å². The number of nitrogens with one attached hydrogen (secondary N) is 1. The van der Waals surface area contributed by atoms with Crippen LogP contribution in [0.25, 0.3) is 0 Å². The first-order chi connectivity index (χ1) is 17.4. The zero-order valence-corrected chi connectivity index (χ0v) is 23.1. The fourth-order valence-corrected chi connectivity index (χ4v) is 4.95. The number of ether oxygens (including phenoxy) is 3. The number of aliphatic hydroxyl groups is 1. The van der Waals surface area contributed by atoms with Gasteiger partial charge in [0.2, 0.25) is 5.78 Å². The Bertz CT molecular complexity index is 1020. The van der Waals surface area contributed by atoms with E-state index >= 15 is 0 Å². The standard InChI is InChI=1S/C29H41NO7/c1-16-10-9-11-17(2)29(34)30-23-15-21(31)14-22(26(23)33)27(36-7)20(5)13-24(35-6)28(37-8)19(4)12-18(3)25(16)32/h9-12,14-16,19-20,24-25,27-28,32H,13H2,1-8H3,(H,30,34)/b10-9-,17-11+,18-12+/t16-,19-,20-,24-,25+,27+,28+/m0/s1. The lowest BCUT2D eigenvalue weighted by atomic mass is 9.83. The molecule has 0 aromatic heterocycles. The number of carbonyl (C=O) groups excluding carboxylic acids is 3. The van der Waals surface area contributed by atoms with E-state index in [1.165, 1.54) is 13.2 Å². The van der Waals surface area contributed by atoms with Crippen molar-refractivity contribution in [3.63, 3.8) is 0 Å². The predicted molar refractivity (Wildman–Crippen MR) is 141 cm³/mol. The molecule has 0 saturated heterocycles. The number of fused-ring (bicyclic) bond motifs is 2. The third-order valence-electron chi connectivity index (χ3n) is 7.09. The summed E-state index contributed by atoms with van der Waals surface area (Å²) in [6, 6.07) is 0. The van der Waals surface area contributed by atoms with Crippen LogP contribution in [0.5, 0.6) is 0 Å². The molecular weight excluding hydrogens is 474 g/mol. The van der Waals surface area contributed by atoms with Crippen LogP contribution in [0.15, 0.2) is 58.9 Å². The number of ketones is 2. The second kappa shape index (κ2) is 13.8. The molecule has 1 aliphatic carbocycles. The number of aliphatic hydroxyl groups excluding tert-OH is 1. The van der Waals surface area contributed by atoms with Gasteiger partial charge in [-0.05, 0) is 37.8 Å². The topological polar surface area (TPSA) is 111 Å². The predicted octanol–water partition coefficient (Wildman–Crippen LogP) is 3.23. The largest absolute Gasteiger partial charge is 0.388 e. The average molecular weight is 516 g/mol. The fraction of sp³-hybridized carbons (Fsp3) is 0.552. The third kappa shape index (κ3) is 7.68. The fourth-order valence-electron chi connectivity index (χ4n) is 4.95. The summed E-state index contributed by atoms with van der Waals surface area (Å²) in [6.07, 6.45) is 7.84. The molecule has 0 unspecified atom stereocenters. The molecular formula is C29H41NO7. The molecule has 0 saturated carbocycles. The molecule has 37 heavy (non-hydrogen) atoms. The first-order valence-corrected chi connectivity index (χ1v) is 12.6. The van der Waals surface area contributed by atoms with Crippen molar-refractivity contribution >= 4 is 17.5 Å². The highest BCUT2D eigenvalue weighted by Gasteiger charge is 2.36. The molecule has 0 spiro atoms. The Morgan fingerprint density at radius 1 is 0.946 bits per heavy atom. The molecule has 8 nitrogen and oxygen atoms in total. The van der Waals surface area contributed by atoms with Crippen molar-refractivity contribution in [3.8, 4) is 0 Å². The van der Waals surface area contributed by atoms with E-state index in [-0.39, 0.29) is 41.2 Å². The highest BCUT2D eigenvalue weighted by molar-refractivity contribution is 6.22. The van der Waals surface area contributed by atoms with E-state index in [1.807, 2.05) is 39.8 Å². The minimum atomic E-state index is -0.724. The molecule has 0 radical (unpaired) electrons. The first-order valence-electron chi connectivity index (χ1n) is 12.6. The van der Waals surface area contributed by atoms with E-state index in [2.05, 4.69) is 5.32 Å². The summed E-state index contributed by atoms with van der Waals surface area (Å²) < 4.78 is 17.3. The van der Waals surface area contributed by atoms with Crippen molar-refractivity contribution in [2.75, 3.05) is 21.3 Å². The molecule has 1 heterocycles. The van der Waals surface area contributed by atoms with E-state index in [4.69, 9.17) is 14.2 Å². The monoisotopic (exact) mass is 515 g/mol. The SMILES string of the molecule is CO[C@H]1[C@@H](OC)C[C@H](C)[C@@H](OC)C2=CC(=O)C=C(NC(=O)/C(C)=C/C=C\[C@H](C)[C@@H](O)/C(C)=C/[C@@H]1C)C2=O. The lowest BCUT2D eigenvalue weighted by Gasteiger charge is -2.33. The van der Waals surface area contributed by atoms with Crippen LogP contribution >= 0.6 is 0 Å². The van der Waals surface area contributed by atoms with Gasteiger partial charge in [-0.2, -0.15) is 0 Å². The van der Waals surface area contributed by atoms with Crippen LogP contribution in [-0.2, 0) is 28.6 Å². The maximum absolute atomic E-state index is 13.3. The minimum absolute atomic E-state index is 0.0910. The van der Waals surface area contributed by atoms with Gasteiger partial charge < -0.3 is 24.6 Å². The summed E-state index contributed by atoms with van der Waals surface area (Å²) in [5.41, 5.74) is 1.24. The number of allylic oxidation sites excluding steroid dienone is 5. The Morgan fingerprint density at radius 3 is 2.22 bits per heavy atom. The van der Waals surface area contributed by atoms with Gasteiger partial charge in [-0.3, -0.25) is 14.4 Å². The van der Waals surface area contributed by atoms with Crippen molar-refractivity contribution in [2.45, 2.75) is 65.5 Å². The Labute approximate surface area is 220 Å². The second-order valence-electron chi connectivity index (χ2n) is 10.00. The Morgan fingerprint density at radius 2 is 1.62 bits per heavy atom. The number of rotatable bonds is 3. The highest BCUT2D eigenvalue weighted by Crippen LogP contribution is 2.29. The maximum Gasteiger partial charge on any atom is 0.251 e. The van der Waals surface area contributed by atoms with Crippen molar-refractivity contribution in [1.29, 1.82) is 0 Å². The van der Waals surface area contributed by atoms with Gasteiger partial charge >= 0.3 is 0 Å². The molecule has 2 aliphatic rings. The number of amides is 1. The molecule has 7 atom stereocenters. The molecule has 8 heteroatoms. The van der Waals surface area contributed by atoms with Gasteiger partial charge in [0, 0.05) is 50.4 Å². The number of hydrogen-bond acceptors (Lipinski definition) is 7. The van der Waals surface area contributed by atoms with Crippen molar-refractivity contribution in [1.82, 2.24) is 5.32 Å². The summed E-state index contributed by atoms with van der Waals surface area (Å²) in [5, 5.41) is 13.4. The lowest BCUT2D eigenvalue weighted by Crippen LogP contribution is -2.40. The summed E-state index contributed by atoms with van der Waals surface area (Å²) in [5.74, 6) is -1.91. The maximum atomic E-state index is 13.3. The van der Waals surface area contributed by atoms with Crippen LogP contribution in [0.1, 0.15) is 41.0 Å². The van der Waals surface area contributed by atoms with Gasteiger partial charge in [-0.1, -0.05) is 45.1 Å². The van der Waals surface area contributed by atoms with Gasteiger partial charge in [-0.25, -0.2) is 0 Å². The summed E-state index contributed by atoms with van der Waals surface area (Å²) in [4.78, 5) is 38.5. The normalized spacial score (nSPS) is 36.5. The molecule has 1 aliphatic heterocycles. The van der Waals surface area contributed by atoms with E-state index in [0.717, 1.165) is 11.6 Å². The quantitative estimate of drug-likeness (QED) is 0.439. The molecule has 2 N–H and O–H groups in total.